The van der Waals surface area contributed by atoms with Crippen molar-refractivity contribution in [3.63, 3.8) is 0 Å². The molecule has 1 N–H and O–H groups in total. The van der Waals surface area contributed by atoms with Crippen LogP contribution in [0.4, 0.5) is 11.4 Å². The zero-order valence-corrected chi connectivity index (χ0v) is 14.4. The molecule has 0 bridgehead atoms. The third-order valence-corrected chi connectivity index (χ3v) is 2.62. The quantitative estimate of drug-likeness (QED) is 0.741. The molecule has 116 valence electrons. The summed E-state index contributed by atoms with van der Waals surface area (Å²) < 4.78 is 0. The van der Waals surface area contributed by atoms with Crippen molar-refractivity contribution in [2.75, 3.05) is 23.8 Å². The molecule has 1 aromatic rings. The molecule has 3 nitrogen and oxygen atoms in total. The van der Waals surface area contributed by atoms with Crippen LogP contribution >= 0.6 is 0 Å². The molecule has 1 aliphatic rings. The number of nitrogens with zero attached hydrogens (tertiary/aromatic N) is 1. The first-order valence-electron chi connectivity index (χ1n) is 7.80. The van der Waals surface area contributed by atoms with Crippen LogP contribution in [0, 0.1) is 5.92 Å². The number of anilines is 2. The van der Waals surface area contributed by atoms with Gasteiger partial charge in [-0.05, 0) is 12.1 Å². The number of hydrogen-bond acceptors (Lipinski definition) is 2. The molecular weight excluding hydrogens is 248 g/mol. The van der Waals surface area contributed by atoms with Gasteiger partial charge in [0.1, 0.15) is 0 Å². The summed E-state index contributed by atoms with van der Waals surface area (Å²) in [4.78, 5) is 13.5. The minimum Gasteiger partial charge on any atom is -0.383 e. The molecule has 1 aromatic carbocycles. The Balaban J connectivity index is 0. The molecule has 1 unspecified atom stereocenters. The lowest BCUT2D eigenvalue weighted by Gasteiger charge is -2.18. The molecule has 0 spiro atoms. The van der Waals surface area contributed by atoms with Crippen molar-refractivity contribution in [2.24, 2.45) is 5.92 Å². The van der Waals surface area contributed by atoms with Crippen LogP contribution in [0.2, 0.25) is 0 Å². The van der Waals surface area contributed by atoms with Crippen LogP contribution in [0.5, 0.6) is 0 Å². The van der Waals surface area contributed by atoms with Crippen LogP contribution in [0.1, 0.15) is 48.5 Å². The highest BCUT2D eigenvalue weighted by atomic mass is 16.2. The monoisotopic (exact) mass is 280 g/mol. The summed E-state index contributed by atoms with van der Waals surface area (Å²) in [7, 11) is 1.82. The van der Waals surface area contributed by atoms with Crippen LogP contribution in [-0.4, -0.2) is 19.5 Å². The van der Waals surface area contributed by atoms with Gasteiger partial charge in [-0.3, -0.25) is 4.79 Å². The molecule has 20 heavy (non-hydrogen) atoms. The van der Waals surface area contributed by atoms with E-state index in [4.69, 9.17) is 0 Å². The van der Waals surface area contributed by atoms with E-state index in [2.05, 4.69) is 5.32 Å². The molecule has 0 radical (unpaired) electrons. The van der Waals surface area contributed by atoms with E-state index in [0.29, 0.717) is 6.54 Å². The van der Waals surface area contributed by atoms with E-state index in [1.165, 1.54) is 0 Å². The highest BCUT2D eigenvalue weighted by Gasteiger charge is 2.23. The van der Waals surface area contributed by atoms with Gasteiger partial charge in [-0.2, -0.15) is 0 Å². The summed E-state index contributed by atoms with van der Waals surface area (Å²) >= 11 is 0. The fraction of sp³-hybridized carbons (Fsp3) is 0.588. The van der Waals surface area contributed by atoms with Gasteiger partial charge < -0.3 is 10.2 Å². The molecule has 1 atom stereocenters. The van der Waals surface area contributed by atoms with Gasteiger partial charge in [-0.25, -0.2) is 0 Å². The molecule has 0 aliphatic carbocycles. The number of rotatable bonds is 0. The summed E-state index contributed by atoms with van der Waals surface area (Å²) in [5.74, 6) is 0.204. The first-order valence-corrected chi connectivity index (χ1v) is 7.80. The molecule has 2 rings (SSSR count). The van der Waals surface area contributed by atoms with E-state index in [1.54, 1.807) is 4.90 Å². The Bertz CT molecular complexity index is 364. The third-order valence-electron chi connectivity index (χ3n) is 2.62. The molecule has 0 fully saturated rings. The lowest BCUT2D eigenvalue weighted by molar-refractivity contribution is -0.121. The van der Waals surface area contributed by atoms with Gasteiger partial charge in [-0.15, -0.1) is 0 Å². The molecule has 1 heterocycles. The summed E-state index contributed by atoms with van der Waals surface area (Å²) in [5.41, 5.74) is 1.99. The van der Waals surface area contributed by atoms with Gasteiger partial charge in [0.25, 0.3) is 0 Å². The summed E-state index contributed by atoms with van der Waals surface area (Å²) in [6.45, 7) is 14.7. The maximum Gasteiger partial charge on any atom is 0.231 e. The van der Waals surface area contributed by atoms with Gasteiger partial charge in [0.15, 0.2) is 0 Å². The fourth-order valence-electron chi connectivity index (χ4n) is 1.72. The summed E-state index contributed by atoms with van der Waals surface area (Å²) in [5, 5.41) is 3.27. The number of nitrogens with one attached hydrogen (secondary N) is 1. The first-order chi connectivity index (χ1) is 9.70. The SMILES string of the molecule is CC.CC.CC.CC1CNc2ccccc2N(C)C1=O. The zero-order valence-electron chi connectivity index (χ0n) is 14.4. The smallest absolute Gasteiger partial charge is 0.231 e. The second kappa shape index (κ2) is 12.5. The Morgan fingerprint density at radius 3 is 2.10 bits per heavy atom. The van der Waals surface area contributed by atoms with Crippen LogP contribution in [0.3, 0.4) is 0 Å². The maximum absolute atomic E-state index is 11.8. The van der Waals surface area contributed by atoms with Gasteiger partial charge in [0.2, 0.25) is 5.91 Å². The van der Waals surface area contributed by atoms with Crippen molar-refractivity contribution in [1.29, 1.82) is 0 Å². The second-order valence-electron chi connectivity index (χ2n) is 3.70. The van der Waals surface area contributed by atoms with E-state index < -0.39 is 0 Å². The van der Waals surface area contributed by atoms with Gasteiger partial charge in [-0.1, -0.05) is 60.6 Å². The highest BCUT2D eigenvalue weighted by Crippen LogP contribution is 2.28. The lowest BCUT2D eigenvalue weighted by atomic mass is 10.1. The van der Waals surface area contributed by atoms with E-state index >= 15 is 0 Å². The van der Waals surface area contributed by atoms with Crippen LogP contribution in [0.15, 0.2) is 24.3 Å². The minimum atomic E-state index is 0.0346. The number of carbonyl (C=O) groups is 1. The molecule has 1 amide bonds. The van der Waals surface area contributed by atoms with E-state index in [-0.39, 0.29) is 11.8 Å². The second-order valence-corrected chi connectivity index (χ2v) is 3.70. The molecular formula is C17H32N2O. The number of para-hydroxylation sites is 2. The Labute approximate surface area is 125 Å². The zero-order chi connectivity index (χ0) is 16.1. The van der Waals surface area contributed by atoms with E-state index in [9.17, 15) is 4.79 Å². The Morgan fingerprint density at radius 2 is 1.55 bits per heavy atom. The van der Waals surface area contributed by atoms with Gasteiger partial charge in [0, 0.05) is 13.6 Å². The van der Waals surface area contributed by atoms with Crippen LogP contribution in [-0.2, 0) is 4.79 Å². The van der Waals surface area contributed by atoms with Crippen molar-refractivity contribution in [1.82, 2.24) is 0 Å². The third kappa shape index (κ3) is 5.64. The van der Waals surface area contributed by atoms with Crippen LogP contribution in [0.25, 0.3) is 0 Å². The van der Waals surface area contributed by atoms with Crippen molar-refractivity contribution >= 4 is 17.3 Å². The summed E-state index contributed by atoms with van der Waals surface area (Å²) in [6.07, 6.45) is 0. The molecule has 0 aromatic heterocycles. The van der Waals surface area contributed by atoms with Crippen LogP contribution < -0.4 is 10.2 Å². The fourth-order valence-corrected chi connectivity index (χ4v) is 1.72. The normalized spacial score (nSPS) is 15.7. The summed E-state index contributed by atoms with van der Waals surface area (Å²) in [6, 6.07) is 7.87. The number of amides is 1. The van der Waals surface area contributed by atoms with Gasteiger partial charge in [0.05, 0.1) is 17.3 Å². The highest BCUT2D eigenvalue weighted by molar-refractivity contribution is 5.99. The number of benzene rings is 1. The first kappa shape index (κ1) is 20.8. The lowest BCUT2D eigenvalue weighted by Crippen LogP contribution is -2.31. The standard InChI is InChI=1S/C11H14N2O.3C2H6/c1-8-7-12-9-5-3-4-6-10(9)13(2)11(8)14;3*1-2/h3-6,8,12H,7H2,1-2H3;3*1-2H3. The average molecular weight is 280 g/mol. The average Bonchev–Trinajstić information content (AvgIpc) is 2.66. The number of carbonyl (C=O) groups excluding carboxylic acids is 1. The molecule has 0 saturated heterocycles. The topological polar surface area (TPSA) is 32.3 Å². The van der Waals surface area contributed by atoms with Crippen molar-refractivity contribution in [3.8, 4) is 0 Å². The molecule has 0 saturated carbocycles. The number of hydrogen-bond donors (Lipinski definition) is 1. The number of fused-ring (bicyclic) bond motifs is 1. The van der Waals surface area contributed by atoms with Crippen molar-refractivity contribution < 1.29 is 4.79 Å². The largest absolute Gasteiger partial charge is 0.383 e. The van der Waals surface area contributed by atoms with Crippen molar-refractivity contribution in [2.45, 2.75) is 48.5 Å². The van der Waals surface area contributed by atoms with E-state index in [1.807, 2.05) is 79.8 Å². The maximum atomic E-state index is 11.8. The predicted octanol–water partition coefficient (Wildman–Crippen LogP) is 4.79. The Hall–Kier alpha value is -1.51. The predicted molar refractivity (Wildman–Crippen MR) is 91.5 cm³/mol. The Kier molecular flexibility index (Phi) is 13.0. The Morgan fingerprint density at radius 1 is 1.05 bits per heavy atom. The van der Waals surface area contributed by atoms with Crippen molar-refractivity contribution in [3.05, 3.63) is 24.3 Å². The minimum absolute atomic E-state index is 0.0346. The molecule has 1 aliphatic heterocycles. The van der Waals surface area contributed by atoms with Gasteiger partial charge >= 0.3 is 0 Å². The van der Waals surface area contributed by atoms with E-state index in [0.717, 1.165) is 11.4 Å². The molecule has 3 heteroatoms.